The number of nitrogens with zero attached hydrogens (tertiary/aromatic N) is 7. The van der Waals surface area contributed by atoms with Gasteiger partial charge in [0.05, 0.1) is 71.1 Å². The summed E-state index contributed by atoms with van der Waals surface area (Å²) in [6.07, 6.45) is 6.58. The highest BCUT2D eigenvalue weighted by atomic mass is 79.9. The number of amides is 1. The molecule has 1 N–H and O–H groups in total. The van der Waals surface area contributed by atoms with Gasteiger partial charge in [-0.3, -0.25) is 18.8 Å². The number of hydrogen-bond acceptors (Lipinski definition) is 6. The topological polar surface area (TPSA) is 113 Å². The number of carbonyl (C=O) groups is 1. The van der Waals surface area contributed by atoms with E-state index in [1.807, 2.05) is 31.2 Å². The van der Waals surface area contributed by atoms with Crippen molar-refractivity contribution in [1.82, 2.24) is 34.3 Å². The van der Waals surface area contributed by atoms with Gasteiger partial charge in [-0.2, -0.15) is 5.10 Å². The van der Waals surface area contributed by atoms with Crippen molar-refractivity contribution in [2.75, 3.05) is 5.32 Å². The maximum Gasteiger partial charge on any atom is 0.254 e. The molecule has 0 spiro atoms. The van der Waals surface area contributed by atoms with Gasteiger partial charge in [-0.25, -0.2) is 9.67 Å². The lowest BCUT2D eigenvalue weighted by atomic mass is 9.49. The number of nitrogens with one attached hydrogen (secondary N) is 1. The van der Waals surface area contributed by atoms with Gasteiger partial charge in [0.15, 0.2) is 0 Å². The molecular weight excluding hydrogens is 640 g/mol. The van der Waals surface area contributed by atoms with E-state index in [-0.39, 0.29) is 23.4 Å². The molecule has 0 saturated carbocycles. The Bertz CT molecular complexity index is 1940. The zero-order valence-corrected chi connectivity index (χ0v) is 25.9. The Morgan fingerprint density at radius 3 is 2.64 bits per heavy atom. The summed E-state index contributed by atoms with van der Waals surface area (Å²) < 4.78 is 5.01. The number of rotatable bonds is 4. The molecule has 1 aliphatic rings. The summed E-state index contributed by atoms with van der Waals surface area (Å²) in [5, 5.41) is 14.0. The molecule has 10 nitrogen and oxygen atoms in total. The Morgan fingerprint density at radius 1 is 1.09 bits per heavy atom. The van der Waals surface area contributed by atoms with E-state index in [0.29, 0.717) is 62.8 Å². The highest BCUT2D eigenvalue weighted by Crippen LogP contribution is 2.35. The summed E-state index contributed by atoms with van der Waals surface area (Å²) in [7, 11) is 18.1. The summed E-state index contributed by atoms with van der Waals surface area (Å²) in [5.74, 6) is -0.478. The van der Waals surface area contributed by atoms with Crippen molar-refractivity contribution in [2.24, 2.45) is 5.92 Å². The maximum absolute atomic E-state index is 13.8. The van der Waals surface area contributed by atoms with Gasteiger partial charge in [0.1, 0.15) is 4.60 Å². The minimum Gasteiger partial charge on any atom is -0.323 e. The molecule has 6 rings (SSSR count). The zero-order chi connectivity index (χ0) is 31.2. The SMILES string of the molecule is [B]C([B])([B])n1ncc2c1-c1cccc(c1)[C@@H](n1cnc(-c3cc(Cl)ccc3-n3cc(Br)nn3)cc1=O)CCC[C@@H](C)C(=O)N2. The Balaban J connectivity index is 1.46. The number of hydrogen-bond donors (Lipinski definition) is 1. The highest BCUT2D eigenvalue weighted by Gasteiger charge is 2.26. The average molecular weight is 663 g/mol. The number of halogens is 2. The Hall–Kier alpha value is -3.90. The van der Waals surface area contributed by atoms with Crippen LogP contribution in [0.5, 0.6) is 0 Å². The van der Waals surface area contributed by atoms with E-state index in [1.165, 1.54) is 16.9 Å². The third-order valence-corrected chi connectivity index (χ3v) is 8.22. The highest BCUT2D eigenvalue weighted by molar-refractivity contribution is 9.10. The lowest BCUT2D eigenvalue weighted by Gasteiger charge is -2.26. The first-order chi connectivity index (χ1) is 21.0. The number of fused-ring (bicyclic) bond motifs is 4. The van der Waals surface area contributed by atoms with E-state index in [4.69, 9.17) is 40.1 Å². The van der Waals surface area contributed by atoms with Crippen LogP contribution in [-0.2, 0) is 10.0 Å². The fraction of sp³-hybridized carbons (Fsp3) is 0.241. The van der Waals surface area contributed by atoms with Gasteiger partial charge in [-0.15, -0.1) is 5.10 Å². The lowest BCUT2D eigenvalue weighted by Crippen LogP contribution is -2.36. The molecule has 2 aromatic carbocycles. The van der Waals surface area contributed by atoms with Crippen LogP contribution in [0.15, 0.2) is 76.6 Å². The van der Waals surface area contributed by atoms with Crippen LogP contribution in [0.4, 0.5) is 5.69 Å². The molecule has 44 heavy (non-hydrogen) atoms. The van der Waals surface area contributed by atoms with Crippen molar-refractivity contribution in [3.63, 3.8) is 0 Å². The standard InChI is InChI=1S/C29H23B3BrClN8O2/c1-16-4-2-7-23(17-5-3-6-18(10-17)27-22(37-28(16)44)13-36-42(27)29(30,31)32)40-15-35-21(12-26(40)43)20-11-19(34)8-9-24(20)41-14-25(33)38-39-41/h3,5-6,8-16,23H,2,4,7H2,1H3,(H,37,44)/t16-,23+/m1/s1. The van der Waals surface area contributed by atoms with Crippen LogP contribution in [0.1, 0.15) is 37.8 Å². The molecule has 6 radical (unpaired) electrons. The molecule has 5 aromatic rings. The van der Waals surface area contributed by atoms with E-state index < -0.39 is 5.24 Å². The van der Waals surface area contributed by atoms with Crippen LogP contribution in [0.3, 0.4) is 0 Å². The lowest BCUT2D eigenvalue weighted by molar-refractivity contribution is -0.119. The van der Waals surface area contributed by atoms with Crippen LogP contribution in [0.2, 0.25) is 5.02 Å². The van der Waals surface area contributed by atoms with Crippen molar-refractivity contribution in [3.8, 4) is 28.2 Å². The first-order valence-electron chi connectivity index (χ1n) is 13.8. The molecule has 0 unspecified atom stereocenters. The fourth-order valence-electron chi connectivity index (χ4n) is 5.44. The predicted octanol–water partition coefficient (Wildman–Crippen LogP) is 4.19. The van der Waals surface area contributed by atoms with Crippen LogP contribution >= 0.6 is 27.5 Å². The third-order valence-electron chi connectivity index (χ3n) is 7.62. The van der Waals surface area contributed by atoms with E-state index in [1.54, 1.807) is 40.0 Å². The number of carbonyl (C=O) groups excluding carboxylic acids is 1. The zero-order valence-electron chi connectivity index (χ0n) is 23.6. The monoisotopic (exact) mass is 662 g/mol. The second kappa shape index (κ2) is 11.9. The Labute approximate surface area is 270 Å². The summed E-state index contributed by atoms with van der Waals surface area (Å²) in [6, 6.07) is 13.9. The van der Waals surface area contributed by atoms with Crippen molar-refractivity contribution < 1.29 is 4.79 Å². The first kappa shape index (κ1) is 30.1. The van der Waals surface area contributed by atoms with Crippen molar-refractivity contribution in [2.45, 2.75) is 37.5 Å². The Kier molecular flexibility index (Phi) is 8.15. The molecular formula is C29H23B3BrClN8O2. The van der Waals surface area contributed by atoms with Crippen molar-refractivity contribution in [1.29, 1.82) is 0 Å². The summed E-state index contributed by atoms with van der Waals surface area (Å²) in [4.78, 5) is 31.6. The van der Waals surface area contributed by atoms with Gasteiger partial charge in [0.25, 0.3) is 5.56 Å². The first-order valence-corrected chi connectivity index (χ1v) is 15.0. The smallest absolute Gasteiger partial charge is 0.254 e. The van der Waals surface area contributed by atoms with Crippen LogP contribution in [-0.4, -0.2) is 63.8 Å². The van der Waals surface area contributed by atoms with Crippen LogP contribution < -0.4 is 10.9 Å². The second-order valence-corrected chi connectivity index (χ2v) is 12.1. The number of benzene rings is 2. The molecule has 2 bridgehead atoms. The van der Waals surface area contributed by atoms with Crippen molar-refractivity contribution in [3.05, 3.63) is 92.8 Å². The molecule has 4 heterocycles. The average Bonchev–Trinajstić information content (AvgIpc) is 3.61. The van der Waals surface area contributed by atoms with E-state index in [2.05, 4.69) is 36.7 Å². The molecule has 15 heteroatoms. The summed E-state index contributed by atoms with van der Waals surface area (Å²) in [5.41, 5.74) is 3.85. The van der Waals surface area contributed by atoms with Gasteiger partial charge < -0.3 is 5.32 Å². The minimum absolute atomic E-state index is 0.171. The minimum atomic E-state index is -1.82. The quantitative estimate of drug-likeness (QED) is 0.289. The van der Waals surface area contributed by atoms with Gasteiger partial charge in [-0.1, -0.05) is 48.4 Å². The van der Waals surface area contributed by atoms with Crippen molar-refractivity contribution >= 4 is 62.7 Å². The van der Waals surface area contributed by atoms with Gasteiger partial charge in [-0.05, 0) is 63.8 Å². The normalized spacial score (nSPS) is 17.3. The molecule has 2 atom stereocenters. The van der Waals surface area contributed by atoms with Gasteiger partial charge in [0, 0.05) is 28.1 Å². The maximum atomic E-state index is 13.8. The summed E-state index contributed by atoms with van der Waals surface area (Å²) >= 11 is 9.66. The number of anilines is 1. The molecule has 1 aliphatic heterocycles. The number of aromatic nitrogens is 7. The molecule has 214 valence electrons. The molecule has 0 fully saturated rings. The van der Waals surface area contributed by atoms with E-state index in [0.717, 1.165) is 5.56 Å². The van der Waals surface area contributed by atoms with E-state index in [9.17, 15) is 9.59 Å². The molecule has 3 aromatic heterocycles. The second-order valence-electron chi connectivity index (χ2n) is 10.8. The fourth-order valence-corrected chi connectivity index (χ4v) is 5.88. The molecule has 0 aliphatic carbocycles. The predicted molar refractivity (Wildman–Crippen MR) is 174 cm³/mol. The van der Waals surface area contributed by atoms with Gasteiger partial charge >= 0.3 is 0 Å². The van der Waals surface area contributed by atoms with Crippen LogP contribution in [0, 0.1) is 5.92 Å². The Morgan fingerprint density at radius 2 is 1.91 bits per heavy atom. The third kappa shape index (κ3) is 5.92. The van der Waals surface area contributed by atoms with Gasteiger partial charge in [0.2, 0.25) is 5.91 Å². The molecule has 1 amide bonds. The largest absolute Gasteiger partial charge is 0.323 e. The molecule has 0 saturated heterocycles. The van der Waals surface area contributed by atoms with E-state index >= 15 is 0 Å². The summed E-state index contributed by atoms with van der Waals surface area (Å²) in [6.45, 7) is 1.86. The van der Waals surface area contributed by atoms with Crippen LogP contribution in [0.25, 0.3) is 28.2 Å².